The van der Waals surface area contributed by atoms with E-state index in [0.29, 0.717) is 22.9 Å². The Labute approximate surface area is 177 Å². The number of hydrogen-bond donors (Lipinski definition) is 0. The lowest BCUT2D eigenvalue weighted by Crippen LogP contribution is -2.41. The van der Waals surface area contributed by atoms with Gasteiger partial charge in [0.15, 0.2) is 21.3 Å². The van der Waals surface area contributed by atoms with Gasteiger partial charge >= 0.3 is 0 Å². The molecule has 0 aromatic heterocycles. The summed E-state index contributed by atoms with van der Waals surface area (Å²) in [5, 5.41) is 1.14. The molecule has 1 amide bonds. The van der Waals surface area contributed by atoms with Crippen LogP contribution in [0.5, 0.6) is 17.2 Å². The van der Waals surface area contributed by atoms with E-state index in [2.05, 4.69) is 15.9 Å². The van der Waals surface area contributed by atoms with Crippen molar-refractivity contribution in [1.82, 2.24) is 0 Å². The quantitative estimate of drug-likeness (QED) is 0.628. The van der Waals surface area contributed by atoms with Crippen LogP contribution in [0.3, 0.4) is 0 Å². The van der Waals surface area contributed by atoms with Gasteiger partial charge in [-0.1, -0.05) is 15.9 Å². The lowest BCUT2D eigenvalue weighted by Gasteiger charge is -2.28. The summed E-state index contributed by atoms with van der Waals surface area (Å²) in [5.74, 6) is 0.462. The van der Waals surface area contributed by atoms with Crippen molar-refractivity contribution in [1.29, 1.82) is 0 Å². The number of carbonyl (C=O) groups is 1. The van der Waals surface area contributed by atoms with Gasteiger partial charge in [-0.15, -0.1) is 0 Å². The number of anilines is 1. The van der Waals surface area contributed by atoms with Gasteiger partial charge in [-0.25, -0.2) is 8.42 Å². The van der Waals surface area contributed by atoms with Crippen molar-refractivity contribution in [3.63, 3.8) is 0 Å². The monoisotopic (exact) mass is 481 g/mol. The van der Waals surface area contributed by atoms with Crippen LogP contribution in [0.1, 0.15) is 10.4 Å². The second-order valence-corrected chi connectivity index (χ2v) is 9.14. The third kappa shape index (κ3) is 4.40. The average Bonchev–Trinajstić information content (AvgIpc) is 3.07. The maximum atomic E-state index is 13.5. The minimum Gasteiger partial charge on any atom is -0.493 e. The number of ether oxygens (including phenoxy) is 3. The Balaban J connectivity index is 2.10. The van der Waals surface area contributed by atoms with Gasteiger partial charge in [0.2, 0.25) is 5.75 Å². The standard InChI is InChI=1S/C20H20BrNO6S/c1-26-17-10-13(11-18(27-2)19(17)28-3)20(23)22(15-6-4-14(21)5-7-15)16-8-9-29(24,25)12-16/h4-11,16H,12H2,1-3H3. The van der Waals surface area contributed by atoms with Crippen molar-refractivity contribution >= 4 is 37.4 Å². The maximum absolute atomic E-state index is 13.5. The molecule has 0 saturated carbocycles. The first-order valence-electron chi connectivity index (χ1n) is 8.59. The molecule has 2 aromatic carbocycles. The highest BCUT2D eigenvalue weighted by molar-refractivity contribution is 9.10. The largest absolute Gasteiger partial charge is 0.493 e. The van der Waals surface area contributed by atoms with E-state index in [0.717, 1.165) is 9.88 Å². The molecule has 3 rings (SSSR count). The summed E-state index contributed by atoms with van der Waals surface area (Å²) < 4.78 is 40.8. The molecule has 154 valence electrons. The van der Waals surface area contributed by atoms with E-state index in [9.17, 15) is 13.2 Å². The Bertz CT molecular complexity index is 1020. The first-order chi connectivity index (χ1) is 13.8. The summed E-state index contributed by atoms with van der Waals surface area (Å²) in [7, 11) is 1.04. The lowest BCUT2D eigenvalue weighted by atomic mass is 10.1. The number of nitrogens with zero attached hydrogens (tertiary/aromatic N) is 1. The number of sulfone groups is 1. The zero-order valence-corrected chi connectivity index (χ0v) is 18.5. The van der Waals surface area contributed by atoms with Crippen LogP contribution < -0.4 is 19.1 Å². The van der Waals surface area contributed by atoms with Crippen LogP contribution in [0.4, 0.5) is 5.69 Å². The molecule has 0 bridgehead atoms. The summed E-state index contributed by atoms with van der Waals surface area (Å²) in [6.45, 7) is 0. The molecule has 0 spiro atoms. The summed E-state index contributed by atoms with van der Waals surface area (Å²) >= 11 is 3.37. The molecule has 1 aliphatic rings. The minimum atomic E-state index is -3.36. The smallest absolute Gasteiger partial charge is 0.259 e. The topological polar surface area (TPSA) is 82.1 Å². The van der Waals surface area contributed by atoms with Crippen molar-refractivity contribution in [2.45, 2.75) is 6.04 Å². The Morgan fingerprint density at radius 1 is 1.03 bits per heavy atom. The fraction of sp³-hybridized carbons (Fsp3) is 0.250. The SMILES string of the molecule is COc1cc(C(=O)N(c2ccc(Br)cc2)C2C=CS(=O)(=O)C2)cc(OC)c1OC. The molecule has 0 saturated heterocycles. The first-order valence-corrected chi connectivity index (χ1v) is 11.1. The van der Waals surface area contributed by atoms with Crippen LogP contribution in [-0.4, -0.2) is 47.4 Å². The fourth-order valence-corrected chi connectivity index (χ4v) is 4.66. The van der Waals surface area contributed by atoms with Crippen LogP contribution in [0.25, 0.3) is 0 Å². The normalized spacial score (nSPS) is 17.0. The van der Waals surface area contributed by atoms with Crippen molar-refractivity contribution in [2.24, 2.45) is 0 Å². The zero-order chi connectivity index (χ0) is 21.2. The van der Waals surface area contributed by atoms with Crippen molar-refractivity contribution in [2.75, 3.05) is 32.0 Å². The van der Waals surface area contributed by atoms with E-state index in [-0.39, 0.29) is 11.3 Å². The van der Waals surface area contributed by atoms with Gasteiger partial charge < -0.3 is 19.1 Å². The van der Waals surface area contributed by atoms with Crippen molar-refractivity contribution < 1.29 is 27.4 Å². The molecule has 0 fully saturated rings. The molecule has 1 aliphatic heterocycles. The predicted molar refractivity (Wildman–Crippen MR) is 114 cm³/mol. The molecule has 1 unspecified atom stereocenters. The molecule has 7 nitrogen and oxygen atoms in total. The highest BCUT2D eigenvalue weighted by Gasteiger charge is 2.33. The number of hydrogen-bond acceptors (Lipinski definition) is 6. The van der Waals surface area contributed by atoms with Crippen LogP contribution in [0.2, 0.25) is 0 Å². The molecular weight excluding hydrogens is 462 g/mol. The minimum absolute atomic E-state index is 0.181. The molecule has 0 N–H and O–H groups in total. The highest BCUT2D eigenvalue weighted by Crippen LogP contribution is 2.39. The fourth-order valence-electron chi connectivity index (χ4n) is 3.12. The van der Waals surface area contributed by atoms with Crippen molar-refractivity contribution in [3.8, 4) is 17.2 Å². The summed E-state index contributed by atoms with van der Waals surface area (Å²) in [6.07, 6.45) is 1.52. The Morgan fingerprint density at radius 2 is 1.62 bits per heavy atom. The molecule has 2 aromatic rings. The van der Waals surface area contributed by atoms with Gasteiger partial charge in [-0.3, -0.25) is 4.79 Å². The molecule has 9 heteroatoms. The van der Waals surface area contributed by atoms with E-state index in [1.54, 1.807) is 36.4 Å². The van der Waals surface area contributed by atoms with Crippen LogP contribution in [0, 0.1) is 0 Å². The summed E-state index contributed by atoms with van der Waals surface area (Å²) in [5.41, 5.74) is 0.846. The molecule has 1 heterocycles. The second kappa shape index (κ2) is 8.46. The Hall–Kier alpha value is -2.52. The highest BCUT2D eigenvalue weighted by atomic mass is 79.9. The molecule has 0 radical (unpaired) electrons. The Kier molecular flexibility index (Phi) is 6.18. The van der Waals surface area contributed by atoms with Gasteiger partial charge in [0, 0.05) is 21.1 Å². The van der Waals surface area contributed by atoms with Crippen LogP contribution in [0.15, 0.2) is 52.4 Å². The first kappa shape index (κ1) is 21.2. The third-order valence-electron chi connectivity index (χ3n) is 4.48. The second-order valence-electron chi connectivity index (χ2n) is 6.29. The summed E-state index contributed by atoms with van der Waals surface area (Å²) in [6, 6.07) is 9.53. The molecule has 0 aliphatic carbocycles. The van der Waals surface area contributed by atoms with E-state index >= 15 is 0 Å². The van der Waals surface area contributed by atoms with E-state index in [4.69, 9.17) is 14.2 Å². The van der Waals surface area contributed by atoms with Gasteiger partial charge in [0.05, 0.1) is 33.1 Å². The Morgan fingerprint density at radius 3 is 2.07 bits per heavy atom. The van der Waals surface area contributed by atoms with E-state index in [1.807, 2.05) is 0 Å². The van der Waals surface area contributed by atoms with Gasteiger partial charge in [-0.2, -0.15) is 0 Å². The number of methoxy groups -OCH3 is 3. The third-order valence-corrected chi connectivity index (χ3v) is 6.38. The molecule has 1 atom stereocenters. The average molecular weight is 482 g/mol. The van der Waals surface area contributed by atoms with Gasteiger partial charge in [0.25, 0.3) is 5.91 Å². The van der Waals surface area contributed by atoms with Crippen LogP contribution >= 0.6 is 15.9 Å². The van der Waals surface area contributed by atoms with Gasteiger partial charge in [-0.05, 0) is 42.5 Å². The summed E-state index contributed by atoms with van der Waals surface area (Å²) in [4.78, 5) is 15.0. The van der Waals surface area contributed by atoms with Crippen molar-refractivity contribution in [3.05, 3.63) is 57.9 Å². The number of carbonyl (C=O) groups excluding carboxylic acids is 1. The lowest BCUT2D eigenvalue weighted by molar-refractivity contribution is 0.0982. The number of halogens is 1. The number of rotatable bonds is 6. The molecular formula is C20H20BrNO6S. The predicted octanol–water partition coefficient (Wildman–Crippen LogP) is 3.43. The van der Waals surface area contributed by atoms with E-state index < -0.39 is 21.8 Å². The van der Waals surface area contributed by atoms with E-state index in [1.165, 1.54) is 32.3 Å². The maximum Gasteiger partial charge on any atom is 0.259 e. The van der Waals surface area contributed by atoms with Gasteiger partial charge in [0.1, 0.15) is 0 Å². The zero-order valence-electron chi connectivity index (χ0n) is 16.1. The molecule has 29 heavy (non-hydrogen) atoms. The number of amides is 1. The van der Waals surface area contributed by atoms with Crippen LogP contribution in [-0.2, 0) is 9.84 Å². The number of benzene rings is 2.